The van der Waals surface area contributed by atoms with E-state index in [9.17, 15) is 0 Å². The lowest BCUT2D eigenvalue weighted by Gasteiger charge is -2.48. The van der Waals surface area contributed by atoms with Crippen LogP contribution in [0.5, 0.6) is 0 Å². The fourth-order valence-electron chi connectivity index (χ4n) is 3.18. The number of nitrogens with one attached hydrogen (secondary N) is 1. The van der Waals surface area contributed by atoms with E-state index < -0.39 is 0 Å². The lowest BCUT2D eigenvalue weighted by Crippen LogP contribution is -2.56. The molecule has 2 unspecified atom stereocenters. The molecule has 2 rings (SSSR count). The molecule has 0 amide bonds. The number of piperidine rings is 1. The summed E-state index contributed by atoms with van der Waals surface area (Å²) in [6.07, 6.45) is 5.65. The highest BCUT2D eigenvalue weighted by Gasteiger charge is 2.38. The molecule has 2 atom stereocenters. The van der Waals surface area contributed by atoms with Gasteiger partial charge in [-0.15, -0.1) is 0 Å². The maximum atomic E-state index is 5.64. The minimum atomic E-state index is 0.546. The molecular weight excluding hydrogens is 200 g/mol. The molecule has 1 N–H and O–H groups in total. The molecule has 1 saturated carbocycles. The first-order chi connectivity index (χ1) is 7.74. The summed E-state index contributed by atoms with van der Waals surface area (Å²) >= 11 is 0. The second-order valence-electron chi connectivity index (χ2n) is 5.30. The molecule has 1 aliphatic heterocycles. The zero-order chi connectivity index (χ0) is 11.5. The third-order valence-electron chi connectivity index (χ3n) is 4.28. The summed E-state index contributed by atoms with van der Waals surface area (Å²) < 4.78 is 5.64. The van der Waals surface area contributed by atoms with Crippen molar-refractivity contribution in [2.24, 2.45) is 0 Å². The van der Waals surface area contributed by atoms with Gasteiger partial charge in [-0.3, -0.25) is 4.90 Å². The number of nitrogens with zero attached hydrogens (tertiary/aromatic N) is 1. The highest BCUT2D eigenvalue weighted by molar-refractivity contribution is 4.93. The maximum Gasteiger partial charge on any atom is 0.0604 e. The van der Waals surface area contributed by atoms with Crippen LogP contribution in [-0.4, -0.2) is 49.3 Å². The van der Waals surface area contributed by atoms with E-state index in [1.165, 1.54) is 32.2 Å². The minimum absolute atomic E-state index is 0.546. The zero-order valence-electron chi connectivity index (χ0n) is 10.9. The van der Waals surface area contributed by atoms with Gasteiger partial charge in [0.25, 0.3) is 0 Å². The molecular formula is C13H26N2O. The molecule has 1 heterocycles. The summed E-state index contributed by atoms with van der Waals surface area (Å²) in [5, 5.41) is 3.41. The highest BCUT2D eigenvalue weighted by atomic mass is 16.5. The van der Waals surface area contributed by atoms with Crippen molar-refractivity contribution in [2.75, 3.05) is 20.2 Å². The molecule has 94 valence electrons. The van der Waals surface area contributed by atoms with Gasteiger partial charge < -0.3 is 10.1 Å². The molecule has 0 spiro atoms. The summed E-state index contributed by atoms with van der Waals surface area (Å²) in [4.78, 5) is 2.70. The van der Waals surface area contributed by atoms with Gasteiger partial charge in [0.1, 0.15) is 0 Å². The van der Waals surface area contributed by atoms with E-state index in [1.807, 2.05) is 0 Å². The lowest BCUT2D eigenvalue weighted by atomic mass is 9.84. The van der Waals surface area contributed by atoms with Crippen molar-refractivity contribution in [1.82, 2.24) is 10.2 Å². The van der Waals surface area contributed by atoms with Crippen LogP contribution in [0.1, 0.15) is 39.5 Å². The van der Waals surface area contributed by atoms with Crippen molar-refractivity contribution >= 4 is 0 Å². The van der Waals surface area contributed by atoms with Crippen LogP contribution in [0.3, 0.4) is 0 Å². The van der Waals surface area contributed by atoms with Crippen LogP contribution in [0.15, 0.2) is 0 Å². The van der Waals surface area contributed by atoms with Crippen LogP contribution >= 0.6 is 0 Å². The molecule has 0 aromatic carbocycles. The largest absolute Gasteiger partial charge is 0.378 e. The third-order valence-corrected chi connectivity index (χ3v) is 4.28. The van der Waals surface area contributed by atoms with E-state index in [1.54, 1.807) is 0 Å². The van der Waals surface area contributed by atoms with Gasteiger partial charge in [-0.2, -0.15) is 0 Å². The van der Waals surface area contributed by atoms with Crippen molar-refractivity contribution in [3.05, 3.63) is 0 Å². The molecule has 16 heavy (non-hydrogen) atoms. The van der Waals surface area contributed by atoms with Gasteiger partial charge in [0.05, 0.1) is 6.10 Å². The molecule has 3 heteroatoms. The van der Waals surface area contributed by atoms with E-state index in [0.717, 1.165) is 24.7 Å². The second-order valence-corrected chi connectivity index (χ2v) is 5.30. The Morgan fingerprint density at radius 2 is 2.06 bits per heavy atom. The second kappa shape index (κ2) is 5.48. The molecule has 0 aromatic heterocycles. The molecule has 1 aliphatic carbocycles. The summed E-state index contributed by atoms with van der Waals surface area (Å²) in [5.74, 6) is 0. The van der Waals surface area contributed by atoms with Crippen LogP contribution in [0, 0.1) is 0 Å². The standard InChI is InChI=1S/C13H26N2O/c1-4-16-13-8-12(9-13)15-6-5-11(14-3)7-10(15)2/h10-14H,4-9H2,1-3H3. The predicted molar refractivity (Wildman–Crippen MR) is 66.7 cm³/mol. The zero-order valence-corrected chi connectivity index (χ0v) is 10.9. The lowest BCUT2D eigenvalue weighted by molar-refractivity contribution is -0.0641. The number of ether oxygens (including phenoxy) is 1. The normalized spacial score (nSPS) is 40.7. The monoisotopic (exact) mass is 226 g/mol. The molecule has 2 aliphatic rings. The van der Waals surface area contributed by atoms with Crippen molar-refractivity contribution in [1.29, 1.82) is 0 Å². The van der Waals surface area contributed by atoms with Gasteiger partial charge in [-0.25, -0.2) is 0 Å². The topological polar surface area (TPSA) is 24.5 Å². The first-order valence-electron chi connectivity index (χ1n) is 6.79. The van der Waals surface area contributed by atoms with E-state index >= 15 is 0 Å². The maximum absolute atomic E-state index is 5.64. The van der Waals surface area contributed by atoms with E-state index in [0.29, 0.717) is 6.10 Å². The summed E-state index contributed by atoms with van der Waals surface area (Å²) in [7, 11) is 2.08. The minimum Gasteiger partial charge on any atom is -0.378 e. The van der Waals surface area contributed by atoms with Gasteiger partial charge >= 0.3 is 0 Å². The summed E-state index contributed by atoms with van der Waals surface area (Å²) in [6.45, 7) is 6.59. The number of rotatable bonds is 4. The summed E-state index contributed by atoms with van der Waals surface area (Å²) in [6, 6.07) is 2.26. The first-order valence-corrected chi connectivity index (χ1v) is 6.79. The Balaban J connectivity index is 1.75. The Bertz CT molecular complexity index is 216. The van der Waals surface area contributed by atoms with E-state index in [4.69, 9.17) is 4.74 Å². The van der Waals surface area contributed by atoms with Crippen molar-refractivity contribution in [3.8, 4) is 0 Å². The number of hydrogen-bond donors (Lipinski definition) is 1. The van der Waals surface area contributed by atoms with E-state index in [2.05, 4.69) is 31.1 Å². The molecule has 1 saturated heterocycles. The number of hydrogen-bond acceptors (Lipinski definition) is 3. The third kappa shape index (κ3) is 2.58. The Labute approximate surface area is 99.5 Å². The van der Waals surface area contributed by atoms with Crippen LogP contribution in [0.4, 0.5) is 0 Å². The molecule has 2 fully saturated rings. The van der Waals surface area contributed by atoms with Gasteiger partial charge in [0, 0.05) is 31.3 Å². The van der Waals surface area contributed by atoms with Gasteiger partial charge in [-0.1, -0.05) is 0 Å². The predicted octanol–water partition coefficient (Wildman–Crippen LogP) is 1.63. The fourth-order valence-corrected chi connectivity index (χ4v) is 3.18. The average Bonchev–Trinajstić information content (AvgIpc) is 2.23. The first kappa shape index (κ1) is 12.3. The van der Waals surface area contributed by atoms with Crippen molar-refractivity contribution in [2.45, 2.75) is 63.8 Å². The van der Waals surface area contributed by atoms with E-state index in [-0.39, 0.29) is 0 Å². The van der Waals surface area contributed by atoms with Crippen molar-refractivity contribution in [3.63, 3.8) is 0 Å². The quantitative estimate of drug-likeness (QED) is 0.788. The smallest absolute Gasteiger partial charge is 0.0604 e. The SMILES string of the molecule is CCOC1CC(N2CCC(NC)CC2C)C1. The van der Waals surface area contributed by atoms with Crippen LogP contribution < -0.4 is 5.32 Å². The average molecular weight is 226 g/mol. The Kier molecular flexibility index (Phi) is 4.22. The van der Waals surface area contributed by atoms with Crippen LogP contribution in [0.2, 0.25) is 0 Å². The molecule has 0 radical (unpaired) electrons. The van der Waals surface area contributed by atoms with Gasteiger partial charge in [0.15, 0.2) is 0 Å². The van der Waals surface area contributed by atoms with Crippen LogP contribution in [-0.2, 0) is 4.74 Å². The Morgan fingerprint density at radius 1 is 1.31 bits per heavy atom. The van der Waals surface area contributed by atoms with Crippen molar-refractivity contribution < 1.29 is 4.74 Å². The van der Waals surface area contributed by atoms with Crippen LogP contribution in [0.25, 0.3) is 0 Å². The van der Waals surface area contributed by atoms with Gasteiger partial charge in [0.2, 0.25) is 0 Å². The molecule has 0 bridgehead atoms. The Morgan fingerprint density at radius 3 is 2.62 bits per heavy atom. The summed E-state index contributed by atoms with van der Waals surface area (Å²) in [5.41, 5.74) is 0. The molecule has 0 aromatic rings. The van der Waals surface area contributed by atoms with Gasteiger partial charge in [-0.05, 0) is 46.6 Å². The fraction of sp³-hybridized carbons (Fsp3) is 1.00. The number of likely N-dealkylation sites (tertiary alicyclic amines) is 1. The highest BCUT2D eigenvalue weighted by Crippen LogP contribution is 2.32. The molecule has 3 nitrogen and oxygen atoms in total. The Hall–Kier alpha value is -0.120.